The zero-order valence-electron chi connectivity index (χ0n) is 21.2. The van der Waals surface area contributed by atoms with Crippen LogP contribution in [-0.4, -0.2) is 16.0 Å². The molecule has 0 saturated carbocycles. The summed E-state index contributed by atoms with van der Waals surface area (Å²) in [5.74, 6) is -0.0548. The summed E-state index contributed by atoms with van der Waals surface area (Å²) in [6.45, 7) is 12.0. The molecular weight excluding hydrogens is 424 g/mol. The number of hydrogen-bond donors (Lipinski definition) is 2. The van der Waals surface area contributed by atoms with Gasteiger partial charge in [0.05, 0.1) is 6.42 Å². The summed E-state index contributed by atoms with van der Waals surface area (Å²) < 4.78 is 6.33. The quantitative estimate of drug-likeness (QED) is 0.425. The number of ketones is 1. The van der Waals surface area contributed by atoms with Crippen molar-refractivity contribution in [1.82, 2.24) is 0 Å². The Morgan fingerprint density at radius 3 is 1.91 bits per heavy atom. The van der Waals surface area contributed by atoms with E-state index in [1.807, 2.05) is 52.0 Å². The molecule has 4 heteroatoms. The first-order chi connectivity index (χ1) is 16.1. The summed E-state index contributed by atoms with van der Waals surface area (Å²) >= 11 is 0. The fourth-order valence-corrected chi connectivity index (χ4v) is 4.03. The molecule has 1 atom stereocenters. The van der Waals surface area contributed by atoms with Crippen LogP contribution in [0.4, 0.5) is 0 Å². The largest absolute Gasteiger partial charge is 0.507 e. The Morgan fingerprint density at radius 2 is 1.35 bits per heavy atom. The monoisotopic (exact) mass is 460 g/mol. The SMILES string of the molecule is CC(C)=CCc1ccc(C2CC(=O)c3c(O)c(CC=C(C)C)c(O)c(CC=C(C)C)c3O2)cc1. The molecule has 180 valence electrons. The summed E-state index contributed by atoms with van der Waals surface area (Å²) in [4.78, 5) is 13.3. The van der Waals surface area contributed by atoms with E-state index in [-0.39, 0.29) is 29.3 Å². The van der Waals surface area contributed by atoms with Gasteiger partial charge in [-0.2, -0.15) is 0 Å². The third kappa shape index (κ3) is 5.80. The Balaban J connectivity index is 2.04. The van der Waals surface area contributed by atoms with Crippen LogP contribution in [-0.2, 0) is 19.3 Å². The van der Waals surface area contributed by atoms with Gasteiger partial charge in [-0.05, 0) is 71.9 Å². The van der Waals surface area contributed by atoms with E-state index in [1.165, 1.54) is 11.1 Å². The smallest absolute Gasteiger partial charge is 0.174 e. The summed E-state index contributed by atoms with van der Waals surface area (Å²) in [6.07, 6.45) is 7.40. The van der Waals surface area contributed by atoms with Crippen LogP contribution in [0.3, 0.4) is 0 Å². The van der Waals surface area contributed by atoms with Crippen LogP contribution in [0.1, 0.15) is 86.7 Å². The number of phenols is 2. The number of fused-ring (bicyclic) bond motifs is 1. The van der Waals surface area contributed by atoms with Crippen molar-refractivity contribution in [3.63, 3.8) is 0 Å². The van der Waals surface area contributed by atoms with E-state index < -0.39 is 6.10 Å². The van der Waals surface area contributed by atoms with Crippen molar-refractivity contribution < 1.29 is 19.7 Å². The van der Waals surface area contributed by atoms with Crippen molar-refractivity contribution in [2.45, 2.75) is 73.3 Å². The average Bonchev–Trinajstić information content (AvgIpc) is 2.77. The highest BCUT2D eigenvalue weighted by atomic mass is 16.5. The zero-order chi connectivity index (χ0) is 25.0. The van der Waals surface area contributed by atoms with E-state index in [2.05, 4.69) is 32.1 Å². The summed E-state index contributed by atoms with van der Waals surface area (Å²) in [5.41, 5.74) is 6.63. The van der Waals surface area contributed by atoms with Gasteiger partial charge < -0.3 is 14.9 Å². The lowest BCUT2D eigenvalue weighted by atomic mass is 9.89. The van der Waals surface area contributed by atoms with Gasteiger partial charge in [0.1, 0.15) is 28.9 Å². The first-order valence-corrected chi connectivity index (χ1v) is 11.9. The number of aromatic hydroxyl groups is 2. The van der Waals surface area contributed by atoms with Crippen LogP contribution in [0.15, 0.2) is 59.2 Å². The molecule has 34 heavy (non-hydrogen) atoms. The van der Waals surface area contributed by atoms with Gasteiger partial charge in [-0.15, -0.1) is 0 Å². The van der Waals surface area contributed by atoms with Crippen LogP contribution in [0.25, 0.3) is 0 Å². The van der Waals surface area contributed by atoms with Gasteiger partial charge in [-0.25, -0.2) is 0 Å². The molecule has 1 aliphatic heterocycles. The molecule has 0 amide bonds. The Kier molecular flexibility index (Phi) is 8.03. The molecule has 1 unspecified atom stereocenters. The Labute approximate surface area is 203 Å². The molecule has 0 aliphatic carbocycles. The van der Waals surface area contributed by atoms with E-state index in [4.69, 9.17) is 4.74 Å². The van der Waals surface area contributed by atoms with Crippen molar-refractivity contribution in [3.05, 3.63) is 87.0 Å². The molecule has 0 fully saturated rings. The third-order valence-electron chi connectivity index (χ3n) is 6.03. The van der Waals surface area contributed by atoms with Gasteiger partial charge in [0.2, 0.25) is 0 Å². The topological polar surface area (TPSA) is 66.8 Å². The molecule has 4 nitrogen and oxygen atoms in total. The Morgan fingerprint density at radius 1 is 0.824 bits per heavy atom. The second-order valence-electron chi connectivity index (χ2n) is 9.79. The van der Waals surface area contributed by atoms with Crippen LogP contribution in [0.5, 0.6) is 17.2 Å². The molecule has 2 N–H and O–H groups in total. The van der Waals surface area contributed by atoms with Crippen molar-refractivity contribution in [2.75, 3.05) is 0 Å². The number of benzene rings is 2. The highest BCUT2D eigenvalue weighted by Gasteiger charge is 2.35. The molecule has 0 bridgehead atoms. The minimum Gasteiger partial charge on any atom is -0.507 e. The van der Waals surface area contributed by atoms with E-state index in [0.29, 0.717) is 29.7 Å². The molecule has 0 radical (unpaired) electrons. The fraction of sp³-hybridized carbons (Fsp3) is 0.367. The second-order valence-corrected chi connectivity index (χ2v) is 9.79. The highest BCUT2D eigenvalue weighted by Crippen LogP contribution is 2.48. The lowest BCUT2D eigenvalue weighted by Gasteiger charge is -2.29. The van der Waals surface area contributed by atoms with Gasteiger partial charge in [0, 0.05) is 11.1 Å². The van der Waals surface area contributed by atoms with Gasteiger partial charge in [0.15, 0.2) is 5.78 Å². The zero-order valence-corrected chi connectivity index (χ0v) is 21.2. The summed E-state index contributed by atoms with van der Waals surface area (Å²) in [5, 5.41) is 22.1. The van der Waals surface area contributed by atoms with Crippen molar-refractivity contribution in [1.29, 1.82) is 0 Å². The standard InChI is InChI=1S/C30H36O4/c1-18(2)7-10-21-11-13-22(14-12-21)26-17-25(31)27-29(33)23(15-8-19(3)4)28(32)24(30(27)34-26)16-9-20(5)6/h7-9,11-14,26,32-33H,10,15-17H2,1-6H3. The predicted octanol–water partition coefficient (Wildman–Crippen LogP) is 7.33. The van der Waals surface area contributed by atoms with Crippen molar-refractivity contribution >= 4 is 5.78 Å². The number of Topliss-reactive ketones (excluding diaryl/α,β-unsaturated/α-hetero) is 1. The van der Waals surface area contributed by atoms with Crippen LogP contribution in [0.2, 0.25) is 0 Å². The van der Waals surface area contributed by atoms with Crippen LogP contribution < -0.4 is 4.74 Å². The highest BCUT2D eigenvalue weighted by molar-refractivity contribution is 6.04. The molecular formula is C30H36O4. The van der Waals surface area contributed by atoms with E-state index in [0.717, 1.165) is 23.1 Å². The molecule has 2 aromatic rings. The molecule has 1 heterocycles. The molecule has 2 aromatic carbocycles. The second kappa shape index (κ2) is 10.8. The fourth-order valence-electron chi connectivity index (χ4n) is 4.03. The number of carbonyl (C=O) groups excluding carboxylic acids is 1. The summed E-state index contributed by atoms with van der Waals surface area (Å²) in [6, 6.07) is 8.10. The average molecular weight is 461 g/mol. The van der Waals surface area contributed by atoms with E-state index in [1.54, 1.807) is 0 Å². The minimum atomic E-state index is -0.467. The van der Waals surface area contributed by atoms with Gasteiger partial charge >= 0.3 is 0 Å². The number of ether oxygens (including phenoxy) is 1. The maximum atomic E-state index is 13.3. The first-order valence-electron chi connectivity index (χ1n) is 11.9. The normalized spacial score (nSPS) is 14.6. The van der Waals surface area contributed by atoms with Crippen molar-refractivity contribution in [3.8, 4) is 17.2 Å². The number of carbonyl (C=O) groups is 1. The Bertz CT molecular complexity index is 1150. The molecule has 3 rings (SSSR count). The number of rotatable bonds is 7. The number of hydrogen-bond acceptors (Lipinski definition) is 4. The number of phenolic OH excluding ortho intramolecular Hbond substituents is 2. The molecule has 0 saturated heterocycles. The van der Waals surface area contributed by atoms with Gasteiger partial charge in [-0.3, -0.25) is 4.79 Å². The van der Waals surface area contributed by atoms with Crippen LogP contribution >= 0.6 is 0 Å². The maximum absolute atomic E-state index is 13.3. The van der Waals surface area contributed by atoms with E-state index >= 15 is 0 Å². The lowest BCUT2D eigenvalue weighted by Crippen LogP contribution is -2.22. The number of allylic oxidation sites excluding steroid dienone is 6. The third-order valence-corrected chi connectivity index (χ3v) is 6.03. The van der Waals surface area contributed by atoms with Crippen molar-refractivity contribution in [2.24, 2.45) is 0 Å². The predicted molar refractivity (Wildman–Crippen MR) is 138 cm³/mol. The van der Waals surface area contributed by atoms with Crippen LogP contribution in [0, 0.1) is 0 Å². The molecule has 1 aliphatic rings. The van der Waals surface area contributed by atoms with Gasteiger partial charge in [-0.1, -0.05) is 59.2 Å². The van der Waals surface area contributed by atoms with E-state index in [9.17, 15) is 15.0 Å². The molecule has 0 spiro atoms. The van der Waals surface area contributed by atoms with Gasteiger partial charge in [0.25, 0.3) is 0 Å². The summed E-state index contributed by atoms with van der Waals surface area (Å²) in [7, 11) is 0. The lowest BCUT2D eigenvalue weighted by molar-refractivity contribution is 0.0842. The first kappa shape index (κ1) is 25.4. The minimum absolute atomic E-state index is 0.00299. The molecule has 0 aromatic heterocycles. The maximum Gasteiger partial charge on any atom is 0.174 e. The Hall–Kier alpha value is -3.27.